The Morgan fingerprint density at radius 3 is 2.40 bits per heavy atom. The van der Waals surface area contributed by atoms with Gasteiger partial charge in [0.25, 0.3) is 0 Å². The van der Waals surface area contributed by atoms with Gasteiger partial charge in [-0.2, -0.15) is 4.31 Å². The van der Waals surface area contributed by atoms with Gasteiger partial charge in [-0.1, -0.05) is 46.3 Å². The summed E-state index contributed by atoms with van der Waals surface area (Å²) in [6.07, 6.45) is 1.34. The summed E-state index contributed by atoms with van der Waals surface area (Å²) in [6.45, 7) is 4.89. The Labute approximate surface area is 187 Å². The third kappa shape index (κ3) is 8.18. The van der Waals surface area contributed by atoms with Crippen LogP contribution in [-0.2, 0) is 26.0 Å². The van der Waals surface area contributed by atoms with E-state index in [1.807, 2.05) is 44.2 Å². The van der Waals surface area contributed by atoms with Crippen LogP contribution in [0, 0.1) is 0 Å². The minimum atomic E-state index is -3.80. The highest BCUT2D eigenvalue weighted by Gasteiger charge is 2.26. The summed E-state index contributed by atoms with van der Waals surface area (Å²) in [5, 5.41) is 2.79. The van der Waals surface area contributed by atoms with E-state index in [1.165, 1.54) is 16.4 Å². The normalized spacial score (nSPS) is 11.8. The molecule has 0 atom stereocenters. The summed E-state index contributed by atoms with van der Waals surface area (Å²) < 4.78 is 33.8. The Bertz CT molecular complexity index is 887. The molecule has 2 rings (SSSR count). The molecule has 0 aliphatic rings. The van der Waals surface area contributed by atoms with Gasteiger partial charge in [0.05, 0.1) is 17.5 Å². The van der Waals surface area contributed by atoms with Crippen LogP contribution in [0.5, 0.6) is 0 Å². The lowest BCUT2D eigenvalue weighted by Gasteiger charge is -2.22. The number of sulfonamides is 1. The molecular formula is C22H29BrN2O4S. The highest BCUT2D eigenvalue weighted by atomic mass is 79.9. The Morgan fingerprint density at radius 1 is 1.10 bits per heavy atom. The molecule has 0 heterocycles. The van der Waals surface area contributed by atoms with Gasteiger partial charge in [-0.05, 0) is 56.5 Å². The van der Waals surface area contributed by atoms with E-state index in [4.69, 9.17) is 4.74 Å². The summed E-state index contributed by atoms with van der Waals surface area (Å²) in [5.74, 6) is -0.326. The Hall–Kier alpha value is -1.74. The van der Waals surface area contributed by atoms with Crippen LogP contribution in [0.4, 0.5) is 0 Å². The van der Waals surface area contributed by atoms with Gasteiger partial charge >= 0.3 is 0 Å². The molecule has 1 N–H and O–H groups in total. The van der Waals surface area contributed by atoms with Crippen LogP contribution in [0.25, 0.3) is 0 Å². The summed E-state index contributed by atoms with van der Waals surface area (Å²) in [6, 6.07) is 16.1. The Balaban J connectivity index is 2.05. The molecule has 164 valence electrons. The van der Waals surface area contributed by atoms with Crippen LogP contribution in [0.15, 0.2) is 64.0 Å². The lowest BCUT2D eigenvalue weighted by atomic mass is 10.1. The van der Waals surface area contributed by atoms with Crippen LogP contribution in [-0.4, -0.2) is 51.0 Å². The Morgan fingerprint density at radius 2 is 1.77 bits per heavy atom. The predicted molar refractivity (Wildman–Crippen MR) is 122 cm³/mol. The van der Waals surface area contributed by atoms with Crippen molar-refractivity contribution in [3.05, 3.63) is 64.6 Å². The third-order valence-corrected chi connectivity index (χ3v) is 6.75. The maximum atomic E-state index is 13.2. The minimum absolute atomic E-state index is 0.144. The molecule has 2 aromatic carbocycles. The van der Waals surface area contributed by atoms with Crippen molar-refractivity contribution in [2.24, 2.45) is 0 Å². The van der Waals surface area contributed by atoms with Crippen molar-refractivity contribution in [1.82, 2.24) is 9.62 Å². The van der Waals surface area contributed by atoms with Crippen molar-refractivity contribution in [2.75, 3.05) is 26.2 Å². The van der Waals surface area contributed by atoms with Crippen molar-refractivity contribution in [3.8, 4) is 0 Å². The maximum Gasteiger partial charge on any atom is 0.243 e. The summed E-state index contributed by atoms with van der Waals surface area (Å²) in [4.78, 5) is 12.6. The molecule has 0 aromatic heterocycles. The van der Waals surface area contributed by atoms with E-state index in [9.17, 15) is 13.2 Å². The highest BCUT2D eigenvalue weighted by Crippen LogP contribution is 2.19. The summed E-state index contributed by atoms with van der Waals surface area (Å²) in [7, 11) is -3.80. The van der Waals surface area contributed by atoms with Crippen LogP contribution in [0.1, 0.15) is 25.8 Å². The minimum Gasteiger partial charge on any atom is -0.379 e. The fourth-order valence-electron chi connectivity index (χ4n) is 2.77. The van der Waals surface area contributed by atoms with Crippen molar-refractivity contribution >= 4 is 31.9 Å². The average Bonchev–Trinajstić information content (AvgIpc) is 2.71. The van der Waals surface area contributed by atoms with Gasteiger partial charge in [-0.15, -0.1) is 0 Å². The quantitative estimate of drug-likeness (QED) is 0.455. The predicted octanol–water partition coefficient (Wildman–Crippen LogP) is 3.61. The smallest absolute Gasteiger partial charge is 0.243 e. The second kappa shape index (κ2) is 12.2. The maximum absolute atomic E-state index is 13.2. The topological polar surface area (TPSA) is 75.7 Å². The Kier molecular flexibility index (Phi) is 9.97. The van der Waals surface area contributed by atoms with E-state index >= 15 is 0 Å². The molecule has 6 nitrogen and oxygen atoms in total. The van der Waals surface area contributed by atoms with Crippen LogP contribution < -0.4 is 5.32 Å². The number of nitrogens with one attached hydrogen (secondary N) is 1. The number of hydrogen-bond donors (Lipinski definition) is 1. The SMILES string of the molecule is CC(C)OCCCNC(=O)CN(CCc1ccccc1)S(=O)(=O)c1ccc(Br)cc1. The zero-order chi connectivity index (χ0) is 22.0. The van der Waals surface area contributed by atoms with Crippen LogP contribution >= 0.6 is 15.9 Å². The fraction of sp³-hybridized carbons (Fsp3) is 0.409. The lowest BCUT2D eigenvalue weighted by Crippen LogP contribution is -2.42. The number of ether oxygens (including phenoxy) is 1. The highest BCUT2D eigenvalue weighted by molar-refractivity contribution is 9.10. The number of benzene rings is 2. The van der Waals surface area contributed by atoms with E-state index in [1.54, 1.807) is 12.1 Å². The first-order chi connectivity index (χ1) is 14.3. The van der Waals surface area contributed by atoms with Gasteiger partial charge in [0.1, 0.15) is 0 Å². The molecule has 30 heavy (non-hydrogen) atoms. The number of carbonyl (C=O) groups excluding carboxylic acids is 1. The molecule has 1 amide bonds. The molecule has 8 heteroatoms. The van der Waals surface area contributed by atoms with Gasteiger partial charge in [-0.25, -0.2) is 8.42 Å². The fourth-order valence-corrected chi connectivity index (χ4v) is 4.43. The van der Waals surface area contributed by atoms with Crippen molar-refractivity contribution in [1.29, 1.82) is 0 Å². The second-order valence-electron chi connectivity index (χ2n) is 7.15. The number of amides is 1. The zero-order valence-electron chi connectivity index (χ0n) is 17.4. The van der Waals surface area contributed by atoms with Crippen molar-refractivity contribution in [2.45, 2.75) is 37.7 Å². The molecule has 2 aromatic rings. The number of carbonyl (C=O) groups is 1. The number of rotatable bonds is 12. The van der Waals surface area contributed by atoms with E-state index in [0.29, 0.717) is 26.0 Å². The molecule has 0 aliphatic carbocycles. The van der Waals surface area contributed by atoms with Crippen LogP contribution in [0.3, 0.4) is 0 Å². The second-order valence-corrected chi connectivity index (χ2v) is 10.0. The third-order valence-electron chi connectivity index (χ3n) is 4.36. The van der Waals surface area contributed by atoms with E-state index < -0.39 is 10.0 Å². The van der Waals surface area contributed by atoms with E-state index in [0.717, 1.165) is 10.0 Å². The summed E-state index contributed by atoms with van der Waals surface area (Å²) >= 11 is 3.32. The monoisotopic (exact) mass is 496 g/mol. The number of halogens is 1. The zero-order valence-corrected chi connectivity index (χ0v) is 19.8. The molecule has 0 fully saturated rings. The van der Waals surface area contributed by atoms with E-state index in [-0.39, 0.29) is 30.0 Å². The van der Waals surface area contributed by atoms with Gasteiger partial charge in [-0.3, -0.25) is 4.79 Å². The van der Waals surface area contributed by atoms with Crippen molar-refractivity contribution in [3.63, 3.8) is 0 Å². The number of hydrogen-bond acceptors (Lipinski definition) is 4. The number of nitrogens with zero attached hydrogens (tertiary/aromatic N) is 1. The largest absolute Gasteiger partial charge is 0.379 e. The first kappa shape index (κ1) is 24.5. The van der Waals surface area contributed by atoms with E-state index in [2.05, 4.69) is 21.2 Å². The van der Waals surface area contributed by atoms with Gasteiger partial charge in [0, 0.05) is 24.2 Å². The molecular weight excluding hydrogens is 468 g/mol. The first-order valence-electron chi connectivity index (χ1n) is 9.97. The molecule has 0 spiro atoms. The standard InChI is InChI=1S/C22H29BrN2O4S/c1-18(2)29-16-6-14-24-22(26)17-25(15-13-19-7-4-3-5-8-19)30(27,28)21-11-9-20(23)10-12-21/h3-5,7-12,18H,6,13-17H2,1-2H3,(H,24,26). The average molecular weight is 497 g/mol. The molecule has 0 saturated carbocycles. The van der Waals surface area contributed by atoms with Gasteiger partial charge in [0.15, 0.2) is 0 Å². The van der Waals surface area contributed by atoms with Crippen molar-refractivity contribution < 1.29 is 17.9 Å². The lowest BCUT2D eigenvalue weighted by molar-refractivity contribution is -0.121. The molecule has 0 radical (unpaired) electrons. The molecule has 0 bridgehead atoms. The molecule has 0 saturated heterocycles. The van der Waals surface area contributed by atoms with Crippen LogP contribution in [0.2, 0.25) is 0 Å². The molecule has 0 unspecified atom stereocenters. The summed E-state index contributed by atoms with van der Waals surface area (Å²) in [5.41, 5.74) is 1.01. The molecule has 0 aliphatic heterocycles. The first-order valence-corrected chi connectivity index (χ1v) is 12.2. The van der Waals surface area contributed by atoms with Gasteiger partial charge < -0.3 is 10.1 Å². The van der Waals surface area contributed by atoms with Gasteiger partial charge in [0.2, 0.25) is 15.9 Å².